The van der Waals surface area contributed by atoms with E-state index >= 15 is 0 Å². The van der Waals surface area contributed by atoms with Gasteiger partial charge in [0.2, 0.25) is 0 Å². The lowest BCUT2D eigenvalue weighted by Crippen LogP contribution is -2.09. The van der Waals surface area contributed by atoms with Gasteiger partial charge < -0.3 is 4.57 Å². The maximum Gasteiger partial charge on any atom is 0.161 e. The molecule has 0 saturated heterocycles. The Morgan fingerprint density at radius 3 is 1.97 bits per heavy atom. The van der Waals surface area contributed by atoms with Crippen molar-refractivity contribution >= 4 is 11.2 Å². The van der Waals surface area contributed by atoms with E-state index in [2.05, 4.69) is 102 Å². The summed E-state index contributed by atoms with van der Waals surface area (Å²) in [7, 11) is 0. The van der Waals surface area contributed by atoms with Crippen LogP contribution >= 0.6 is 0 Å². The normalized spacial score (nSPS) is 14.2. The van der Waals surface area contributed by atoms with Gasteiger partial charge in [0, 0.05) is 17.0 Å². The molecule has 0 bridgehead atoms. The fourth-order valence-corrected chi connectivity index (χ4v) is 5.12. The molecule has 6 rings (SSSR count). The summed E-state index contributed by atoms with van der Waals surface area (Å²) in [4.78, 5) is 10.5. The number of nitrogens with zero attached hydrogens (tertiary/aromatic N) is 3. The first-order chi connectivity index (χ1) is 16.4. The van der Waals surface area contributed by atoms with Gasteiger partial charge in [-0.2, -0.15) is 0 Å². The van der Waals surface area contributed by atoms with Gasteiger partial charge in [0.05, 0.1) is 12.2 Å². The van der Waals surface area contributed by atoms with E-state index in [4.69, 9.17) is 9.97 Å². The van der Waals surface area contributed by atoms with Crippen LogP contribution in [0.3, 0.4) is 0 Å². The summed E-state index contributed by atoms with van der Waals surface area (Å²) in [6, 6.07) is 34.0. The predicted molar refractivity (Wildman–Crippen MR) is 135 cm³/mol. The first kappa shape index (κ1) is 19.9. The molecule has 0 spiro atoms. The Labute approximate surface area is 194 Å². The van der Waals surface area contributed by atoms with E-state index in [0.717, 1.165) is 34.5 Å². The Bertz CT molecular complexity index is 1370. The molecule has 3 heteroatoms. The van der Waals surface area contributed by atoms with E-state index in [9.17, 15) is 0 Å². The molecule has 2 heterocycles. The summed E-state index contributed by atoms with van der Waals surface area (Å²) in [5.41, 5.74) is 7.75. The van der Waals surface area contributed by atoms with Gasteiger partial charge in [0.1, 0.15) is 11.3 Å². The van der Waals surface area contributed by atoms with Crippen LogP contribution in [0, 0.1) is 0 Å². The summed E-state index contributed by atoms with van der Waals surface area (Å²) in [6.45, 7) is 0.794. The zero-order chi connectivity index (χ0) is 22.0. The van der Waals surface area contributed by atoms with Gasteiger partial charge in [-0.3, -0.25) is 0 Å². The molecule has 0 radical (unpaired) electrons. The number of rotatable bonds is 5. The van der Waals surface area contributed by atoms with Gasteiger partial charge in [0.25, 0.3) is 0 Å². The molecule has 1 saturated carbocycles. The van der Waals surface area contributed by atoms with E-state index in [-0.39, 0.29) is 0 Å². The average Bonchev–Trinajstić information content (AvgIpc) is 3.54. The SMILES string of the molecule is c1ccc(Cn2c(C3CCCC3)nc3c(-c4ccccc4)cc(-c4ccccc4)nc32)cc1. The molecule has 5 aromatic rings. The van der Waals surface area contributed by atoms with Crippen LogP contribution in [0.2, 0.25) is 0 Å². The van der Waals surface area contributed by atoms with Crippen LogP contribution in [0.15, 0.2) is 97.1 Å². The first-order valence-electron chi connectivity index (χ1n) is 11.9. The maximum atomic E-state index is 5.30. The molecule has 2 aromatic heterocycles. The number of fused-ring (bicyclic) bond motifs is 1. The Kier molecular flexibility index (Phi) is 5.23. The van der Waals surface area contributed by atoms with Gasteiger partial charge in [-0.15, -0.1) is 0 Å². The monoisotopic (exact) mass is 429 g/mol. The van der Waals surface area contributed by atoms with Crippen molar-refractivity contribution in [2.75, 3.05) is 0 Å². The van der Waals surface area contributed by atoms with Crippen molar-refractivity contribution in [3.05, 3.63) is 108 Å². The van der Waals surface area contributed by atoms with Crippen LogP contribution in [0.5, 0.6) is 0 Å². The lowest BCUT2D eigenvalue weighted by molar-refractivity contribution is 0.617. The highest BCUT2D eigenvalue weighted by Gasteiger charge is 2.26. The highest BCUT2D eigenvalue weighted by molar-refractivity contribution is 5.93. The molecule has 33 heavy (non-hydrogen) atoms. The lowest BCUT2D eigenvalue weighted by atomic mass is 10.0. The third-order valence-corrected chi connectivity index (χ3v) is 6.79. The Balaban J connectivity index is 1.63. The third kappa shape index (κ3) is 3.84. The summed E-state index contributed by atoms with van der Waals surface area (Å²) >= 11 is 0. The van der Waals surface area contributed by atoms with Crippen LogP contribution in [-0.2, 0) is 6.54 Å². The molecule has 3 aromatic carbocycles. The minimum atomic E-state index is 0.506. The fraction of sp³-hybridized carbons (Fsp3) is 0.200. The summed E-state index contributed by atoms with van der Waals surface area (Å²) in [5.74, 6) is 1.70. The van der Waals surface area contributed by atoms with Crippen LogP contribution in [0.1, 0.15) is 43.0 Å². The average molecular weight is 430 g/mol. The van der Waals surface area contributed by atoms with Crippen molar-refractivity contribution in [1.29, 1.82) is 0 Å². The minimum absolute atomic E-state index is 0.506. The molecule has 0 amide bonds. The summed E-state index contributed by atoms with van der Waals surface area (Å²) in [5, 5.41) is 0. The molecular weight excluding hydrogens is 402 g/mol. The molecule has 1 fully saturated rings. The maximum absolute atomic E-state index is 5.30. The molecular formula is C30H27N3. The van der Waals surface area contributed by atoms with Crippen molar-refractivity contribution in [3.8, 4) is 22.4 Å². The smallest absolute Gasteiger partial charge is 0.161 e. The van der Waals surface area contributed by atoms with E-state index in [1.165, 1.54) is 42.6 Å². The van der Waals surface area contributed by atoms with Crippen LogP contribution < -0.4 is 0 Å². The second-order valence-corrected chi connectivity index (χ2v) is 8.98. The van der Waals surface area contributed by atoms with Crippen molar-refractivity contribution in [3.63, 3.8) is 0 Å². The number of pyridine rings is 1. The third-order valence-electron chi connectivity index (χ3n) is 6.79. The van der Waals surface area contributed by atoms with E-state index < -0.39 is 0 Å². The van der Waals surface area contributed by atoms with Gasteiger partial charge in [-0.25, -0.2) is 9.97 Å². The zero-order valence-corrected chi connectivity index (χ0v) is 18.7. The molecule has 0 N–H and O–H groups in total. The molecule has 1 aliphatic carbocycles. The largest absolute Gasteiger partial charge is 0.308 e. The van der Waals surface area contributed by atoms with Crippen LogP contribution in [0.25, 0.3) is 33.5 Å². The molecule has 0 aliphatic heterocycles. The topological polar surface area (TPSA) is 30.7 Å². The van der Waals surface area contributed by atoms with E-state index in [1.807, 2.05) is 0 Å². The quantitative estimate of drug-likeness (QED) is 0.290. The van der Waals surface area contributed by atoms with Crippen LogP contribution in [-0.4, -0.2) is 14.5 Å². The van der Waals surface area contributed by atoms with Gasteiger partial charge in [-0.1, -0.05) is 104 Å². The fourth-order valence-electron chi connectivity index (χ4n) is 5.12. The zero-order valence-electron chi connectivity index (χ0n) is 18.7. The molecule has 162 valence electrons. The Morgan fingerprint density at radius 2 is 1.30 bits per heavy atom. The van der Waals surface area contributed by atoms with Crippen molar-refractivity contribution in [1.82, 2.24) is 14.5 Å². The highest BCUT2D eigenvalue weighted by atomic mass is 15.1. The minimum Gasteiger partial charge on any atom is -0.308 e. The number of benzene rings is 3. The van der Waals surface area contributed by atoms with Gasteiger partial charge in [-0.05, 0) is 30.0 Å². The van der Waals surface area contributed by atoms with E-state index in [1.54, 1.807) is 0 Å². The van der Waals surface area contributed by atoms with Gasteiger partial charge >= 0.3 is 0 Å². The molecule has 0 atom stereocenters. The number of aromatic nitrogens is 3. The predicted octanol–water partition coefficient (Wildman–Crippen LogP) is 7.47. The second-order valence-electron chi connectivity index (χ2n) is 8.98. The second kappa shape index (κ2) is 8.67. The first-order valence-corrected chi connectivity index (χ1v) is 11.9. The van der Waals surface area contributed by atoms with E-state index in [0.29, 0.717) is 5.92 Å². The van der Waals surface area contributed by atoms with Crippen molar-refractivity contribution in [2.24, 2.45) is 0 Å². The Hall–Kier alpha value is -3.72. The highest BCUT2D eigenvalue weighted by Crippen LogP contribution is 2.38. The summed E-state index contributed by atoms with van der Waals surface area (Å²) in [6.07, 6.45) is 5.00. The van der Waals surface area contributed by atoms with Crippen molar-refractivity contribution in [2.45, 2.75) is 38.1 Å². The van der Waals surface area contributed by atoms with Crippen molar-refractivity contribution < 1.29 is 0 Å². The molecule has 3 nitrogen and oxygen atoms in total. The molecule has 0 unspecified atom stereocenters. The summed E-state index contributed by atoms with van der Waals surface area (Å²) < 4.78 is 2.39. The van der Waals surface area contributed by atoms with Crippen LogP contribution in [0.4, 0.5) is 0 Å². The lowest BCUT2D eigenvalue weighted by Gasteiger charge is -2.14. The number of hydrogen-bond donors (Lipinski definition) is 0. The Morgan fingerprint density at radius 1 is 0.697 bits per heavy atom. The molecule has 1 aliphatic rings. The standard InChI is InChI=1S/C30H27N3/c1-4-12-22(13-5-1)21-33-29(25-18-10-11-19-25)32-28-26(23-14-6-2-7-15-23)20-27(31-30(28)33)24-16-8-3-9-17-24/h1-9,12-17,20,25H,10-11,18-19,21H2. The number of hydrogen-bond acceptors (Lipinski definition) is 2. The number of imidazole rings is 1. The van der Waals surface area contributed by atoms with Gasteiger partial charge in [0.15, 0.2) is 5.65 Å².